The standard InChI is InChI=1S/C23H31F2N7O/c1-2-3-6-17(13-16-14-26-19-8-5-4-7-18(16)19)27-22(33)21-28-23(30-29-21)32-11-9-31(10-12-32)15-20(24)25/h4-5,7-8,14,17,20,26H,2-3,6,9-13,15H2,1H3,(H,27,33)(H,28,29,30). The fourth-order valence-electron chi connectivity index (χ4n) is 4.32. The number of nitrogens with one attached hydrogen (secondary N) is 3. The van der Waals surface area contributed by atoms with Crippen molar-refractivity contribution in [2.45, 2.75) is 45.1 Å². The first kappa shape index (κ1) is 23.2. The molecule has 1 aliphatic rings. The van der Waals surface area contributed by atoms with Crippen LogP contribution in [-0.2, 0) is 6.42 Å². The summed E-state index contributed by atoms with van der Waals surface area (Å²) in [5.74, 6) is 0.310. The van der Waals surface area contributed by atoms with Crippen LogP contribution in [0.2, 0.25) is 0 Å². The van der Waals surface area contributed by atoms with Crippen molar-refractivity contribution in [3.8, 4) is 0 Å². The molecule has 10 heteroatoms. The highest BCUT2D eigenvalue weighted by atomic mass is 19.3. The van der Waals surface area contributed by atoms with Crippen LogP contribution in [0.3, 0.4) is 0 Å². The Balaban J connectivity index is 1.38. The van der Waals surface area contributed by atoms with E-state index in [4.69, 9.17) is 0 Å². The van der Waals surface area contributed by atoms with Crippen LogP contribution in [0.4, 0.5) is 14.7 Å². The molecule has 3 aromatic rings. The summed E-state index contributed by atoms with van der Waals surface area (Å²) in [5, 5.41) is 11.2. The molecule has 1 atom stereocenters. The fraction of sp³-hybridized carbons (Fsp3) is 0.522. The predicted molar refractivity (Wildman–Crippen MR) is 124 cm³/mol. The van der Waals surface area contributed by atoms with Crippen LogP contribution in [0, 0.1) is 0 Å². The number of aromatic amines is 2. The molecule has 3 N–H and O–H groups in total. The number of nitrogens with zero attached hydrogens (tertiary/aromatic N) is 4. The molecule has 178 valence electrons. The number of rotatable bonds is 10. The number of hydrogen-bond donors (Lipinski definition) is 3. The minimum Gasteiger partial charge on any atom is -0.361 e. The number of H-pyrrole nitrogens is 2. The Hall–Kier alpha value is -3.01. The lowest BCUT2D eigenvalue weighted by Crippen LogP contribution is -2.48. The van der Waals surface area contributed by atoms with E-state index in [1.165, 1.54) is 10.9 Å². The molecular formula is C23H31F2N7O. The number of anilines is 1. The maximum Gasteiger partial charge on any atom is 0.288 e. The van der Waals surface area contributed by atoms with Gasteiger partial charge in [0.05, 0.1) is 6.54 Å². The molecule has 0 radical (unpaired) electrons. The first-order valence-electron chi connectivity index (χ1n) is 11.6. The fourth-order valence-corrected chi connectivity index (χ4v) is 4.32. The molecule has 1 saturated heterocycles. The molecule has 0 saturated carbocycles. The molecule has 4 rings (SSSR count). The molecule has 1 fully saturated rings. The van der Waals surface area contributed by atoms with E-state index in [0.29, 0.717) is 32.1 Å². The number of para-hydroxylation sites is 1. The van der Waals surface area contributed by atoms with Crippen molar-refractivity contribution in [1.82, 2.24) is 30.4 Å². The number of hydrogen-bond acceptors (Lipinski definition) is 5. The van der Waals surface area contributed by atoms with Crippen LogP contribution in [-0.4, -0.2) is 76.2 Å². The Kier molecular flexibility index (Phi) is 7.54. The second-order valence-corrected chi connectivity index (χ2v) is 8.54. The van der Waals surface area contributed by atoms with Gasteiger partial charge in [0.1, 0.15) is 0 Å². The van der Waals surface area contributed by atoms with E-state index in [1.54, 1.807) is 4.90 Å². The normalized spacial score (nSPS) is 15.9. The third-order valence-electron chi connectivity index (χ3n) is 6.12. The van der Waals surface area contributed by atoms with E-state index in [0.717, 1.165) is 31.2 Å². The van der Waals surface area contributed by atoms with Gasteiger partial charge in [-0.05, 0) is 24.5 Å². The van der Waals surface area contributed by atoms with Crippen molar-refractivity contribution < 1.29 is 13.6 Å². The second kappa shape index (κ2) is 10.7. The third kappa shape index (κ3) is 5.87. The van der Waals surface area contributed by atoms with E-state index in [1.807, 2.05) is 29.3 Å². The summed E-state index contributed by atoms with van der Waals surface area (Å²) in [4.78, 5) is 24.2. The van der Waals surface area contributed by atoms with E-state index in [-0.39, 0.29) is 24.3 Å². The van der Waals surface area contributed by atoms with Gasteiger partial charge < -0.3 is 15.2 Å². The number of amides is 1. The smallest absolute Gasteiger partial charge is 0.288 e. The molecule has 0 spiro atoms. The molecule has 0 bridgehead atoms. The Bertz CT molecular complexity index is 1040. The zero-order valence-corrected chi connectivity index (χ0v) is 18.9. The highest BCUT2D eigenvalue weighted by molar-refractivity contribution is 5.91. The monoisotopic (exact) mass is 459 g/mol. The molecule has 1 aliphatic heterocycles. The van der Waals surface area contributed by atoms with Crippen molar-refractivity contribution in [2.24, 2.45) is 0 Å². The van der Waals surface area contributed by atoms with Gasteiger partial charge in [0.25, 0.3) is 12.3 Å². The Labute approximate surface area is 191 Å². The molecule has 0 aliphatic carbocycles. The lowest BCUT2D eigenvalue weighted by molar-refractivity contribution is 0.0852. The van der Waals surface area contributed by atoms with Crippen molar-refractivity contribution in [1.29, 1.82) is 0 Å². The molecule has 3 heterocycles. The summed E-state index contributed by atoms with van der Waals surface area (Å²) in [6.07, 6.45) is 3.33. The van der Waals surface area contributed by atoms with Crippen LogP contribution in [0.15, 0.2) is 30.5 Å². The predicted octanol–water partition coefficient (Wildman–Crippen LogP) is 3.20. The number of benzene rings is 1. The molecule has 1 aromatic carbocycles. The topological polar surface area (TPSA) is 92.9 Å². The number of carbonyl (C=O) groups is 1. The maximum atomic E-state index is 12.9. The quantitative estimate of drug-likeness (QED) is 0.433. The van der Waals surface area contributed by atoms with Gasteiger partial charge in [-0.2, -0.15) is 4.98 Å². The van der Waals surface area contributed by atoms with E-state index < -0.39 is 6.43 Å². The minimum atomic E-state index is -2.33. The number of halogens is 2. The first-order valence-corrected chi connectivity index (χ1v) is 11.6. The summed E-state index contributed by atoms with van der Waals surface area (Å²) >= 11 is 0. The van der Waals surface area contributed by atoms with Crippen LogP contribution in [0.25, 0.3) is 10.9 Å². The average molecular weight is 460 g/mol. The van der Waals surface area contributed by atoms with Crippen LogP contribution in [0.5, 0.6) is 0 Å². The number of fused-ring (bicyclic) bond motifs is 1. The van der Waals surface area contributed by atoms with Gasteiger partial charge >= 0.3 is 0 Å². The number of alkyl halides is 2. The zero-order chi connectivity index (χ0) is 23.2. The Morgan fingerprint density at radius 2 is 2.00 bits per heavy atom. The van der Waals surface area contributed by atoms with Crippen LogP contribution in [0.1, 0.15) is 42.4 Å². The van der Waals surface area contributed by atoms with Gasteiger partial charge in [-0.15, -0.1) is 5.10 Å². The number of piperazine rings is 1. The molecule has 2 aromatic heterocycles. The summed E-state index contributed by atoms with van der Waals surface area (Å²) in [6, 6.07) is 8.12. The van der Waals surface area contributed by atoms with Gasteiger partial charge in [0.2, 0.25) is 11.8 Å². The number of unbranched alkanes of at least 4 members (excludes halogenated alkanes) is 1. The largest absolute Gasteiger partial charge is 0.361 e. The molecular weight excluding hydrogens is 428 g/mol. The molecule has 1 amide bonds. The van der Waals surface area contributed by atoms with E-state index in [2.05, 4.69) is 38.5 Å². The van der Waals surface area contributed by atoms with E-state index >= 15 is 0 Å². The zero-order valence-electron chi connectivity index (χ0n) is 18.9. The third-order valence-corrected chi connectivity index (χ3v) is 6.12. The summed E-state index contributed by atoms with van der Waals surface area (Å²) in [5.41, 5.74) is 2.26. The summed E-state index contributed by atoms with van der Waals surface area (Å²) < 4.78 is 25.2. The van der Waals surface area contributed by atoms with Gasteiger partial charge in [0, 0.05) is 49.3 Å². The maximum absolute atomic E-state index is 12.9. The molecule has 1 unspecified atom stereocenters. The highest BCUT2D eigenvalue weighted by Crippen LogP contribution is 2.21. The van der Waals surface area contributed by atoms with Gasteiger partial charge in [0.15, 0.2) is 0 Å². The average Bonchev–Trinajstić information content (AvgIpc) is 3.46. The van der Waals surface area contributed by atoms with Gasteiger partial charge in [-0.25, -0.2) is 8.78 Å². The molecule has 33 heavy (non-hydrogen) atoms. The highest BCUT2D eigenvalue weighted by Gasteiger charge is 2.24. The van der Waals surface area contributed by atoms with E-state index in [9.17, 15) is 13.6 Å². The number of aromatic nitrogens is 4. The van der Waals surface area contributed by atoms with Crippen LogP contribution >= 0.6 is 0 Å². The van der Waals surface area contributed by atoms with Crippen LogP contribution < -0.4 is 10.2 Å². The minimum absolute atomic E-state index is 0.0249. The summed E-state index contributed by atoms with van der Waals surface area (Å²) in [7, 11) is 0. The Morgan fingerprint density at radius 3 is 2.76 bits per heavy atom. The lowest BCUT2D eigenvalue weighted by Gasteiger charge is -2.33. The summed E-state index contributed by atoms with van der Waals surface area (Å²) in [6.45, 7) is 4.05. The van der Waals surface area contributed by atoms with Crippen molar-refractivity contribution in [3.05, 3.63) is 41.9 Å². The first-order chi connectivity index (χ1) is 16.0. The van der Waals surface area contributed by atoms with Gasteiger partial charge in [-0.3, -0.25) is 14.8 Å². The second-order valence-electron chi connectivity index (χ2n) is 8.54. The lowest BCUT2D eigenvalue weighted by atomic mass is 10.0. The Morgan fingerprint density at radius 1 is 1.21 bits per heavy atom. The van der Waals surface area contributed by atoms with Crippen molar-refractivity contribution in [3.63, 3.8) is 0 Å². The SMILES string of the molecule is CCCCC(Cc1c[nH]c2ccccc12)NC(=O)c1nc(N2CCN(CC(F)F)CC2)n[nH]1. The number of carbonyl (C=O) groups excluding carboxylic acids is 1. The van der Waals surface area contributed by atoms with Crippen molar-refractivity contribution >= 4 is 22.8 Å². The molecule has 8 nitrogen and oxygen atoms in total. The van der Waals surface area contributed by atoms with Crippen molar-refractivity contribution in [2.75, 3.05) is 37.6 Å². The van der Waals surface area contributed by atoms with Gasteiger partial charge in [-0.1, -0.05) is 38.0 Å².